The molecule has 2 rings (SSSR count). The minimum absolute atomic E-state index is 0.0796. The Labute approximate surface area is 147 Å². The minimum atomic E-state index is -0.694. The Kier molecular flexibility index (Phi) is 6.82. The highest BCUT2D eigenvalue weighted by Crippen LogP contribution is 2.19. The Balaban J connectivity index is 2.11. The first-order valence-corrected chi connectivity index (χ1v) is 9.16. The van der Waals surface area contributed by atoms with Gasteiger partial charge in [0.1, 0.15) is 0 Å². The molecule has 1 amide bonds. The van der Waals surface area contributed by atoms with Gasteiger partial charge in [-0.1, -0.05) is 36.8 Å². The number of aliphatic hydroxyl groups excluding tert-OH is 1. The molecule has 128 valence electrons. The molecule has 4 nitrogen and oxygen atoms in total. The molecule has 0 fully saturated rings. The van der Waals surface area contributed by atoms with E-state index in [9.17, 15) is 9.90 Å². The van der Waals surface area contributed by atoms with Crippen LogP contribution in [0.5, 0.6) is 0 Å². The van der Waals surface area contributed by atoms with Crippen LogP contribution in [0, 0.1) is 6.92 Å². The summed E-state index contributed by atoms with van der Waals surface area (Å²) >= 11 is 1.61. The van der Waals surface area contributed by atoms with Crippen molar-refractivity contribution in [2.75, 3.05) is 18.8 Å². The Bertz CT molecular complexity index is 673. The molecule has 0 aliphatic carbocycles. The van der Waals surface area contributed by atoms with E-state index in [2.05, 4.69) is 11.9 Å². The Hall–Kier alpha value is -1.85. The molecule has 0 bridgehead atoms. The van der Waals surface area contributed by atoms with Crippen molar-refractivity contribution in [3.63, 3.8) is 0 Å². The summed E-state index contributed by atoms with van der Waals surface area (Å²) in [7, 11) is 0. The fourth-order valence-electron chi connectivity index (χ4n) is 2.41. The number of rotatable bonds is 7. The summed E-state index contributed by atoms with van der Waals surface area (Å²) in [6.45, 7) is 6.80. The second kappa shape index (κ2) is 8.85. The molecule has 0 aliphatic heterocycles. The van der Waals surface area contributed by atoms with Crippen LogP contribution < -0.4 is 0 Å². The number of carbonyl (C=O) groups excluding carboxylic acids is 1. The van der Waals surface area contributed by atoms with Crippen molar-refractivity contribution < 1.29 is 9.90 Å². The number of aryl methyl sites for hydroxylation is 1. The van der Waals surface area contributed by atoms with Crippen LogP contribution in [0.3, 0.4) is 0 Å². The van der Waals surface area contributed by atoms with Crippen LogP contribution in [-0.4, -0.2) is 39.7 Å². The first-order valence-electron chi connectivity index (χ1n) is 8.17. The molecule has 1 heterocycles. The SMILES string of the molecule is CCSc1cc(C(=O)N(CC)CC(O)c2ccc(C)cc2)ccn1. The smallest absolute Gasteiger partial charge is 0.254 e. The second-order valence-electron chi connectivity index (χ2n) is 5.59. The van der Waals surface area contributed by atoms with E-state index in [-0.39, 0.29) is 12.5 Å². The number of hydrogen-bond acceptors (Lipinski definition) is 4. The number of pyridine rings is 1. The maximum Gasteiger partial charge on any atom is 0.254 e. The van der Waals surface area contributed by atoms with E-state index in [0.717, 1.165) is 21.9 Å². The number of aromatic nitrogens is 1. The van der Waals surface area contributed by atoms with Crippen LogP contribution in [0.2, 0.25) is 0 Å². The molecule has 0 spiro atoms. The first-order chi connectivity index (χ1) is 11.5. The van der Waals surface area contributed by atoms with E-state index < -0.39 is 6.10 Å². The predicted molar refractivity (Wildman–Crippen MR) is 98.4 cm³/mol. The molecule has 1 aromatic carbocycles. The molecule has 1 atom stereocenters. The number of likely N-dealkylation sites (N-methyl/N-ethyl adjacent to an activating group) is 1. The van der Waals surface area contributed by atoms with Gasteiger partial charge >= 0.3 is 0 Å². The molecule has 1 aromatic heterocycles. The van der Waals surface area contributed by atoms with Gasteiger partial charge in [0.05, 0.1) is 17.7 Å². The summed E-state index contributed by atoms with van der Waals surface area (Å²) in [5.74, 6) is 0.831. The maximum absolute atomic E-state index is 12.7. The molecule has 5 heteroatoms. The van der Waals surface area contributed by atoms with E-state index in [1.165, 1.54) is 0 Å². The summed E-state index contributed by atoms with van der Waals surface area (Å²) in [4.78, 5) is 18.7. The molecule has 1 N–H and O–H groups in total. The van der Waals surface area contributed by atoms with Crippen molar-refractivity contribution in [1.82, 2.24) is 9.88 Å². The molecule has 24 heavy (non-hydrogen) atoms. The minimum Gasteiger partial charge on any atom is -0.387 e. The summed E-state index contributed by atoms with van der Waals surface area (Å²) in [6.07, 6.45) is 0.968. The van der Waals surface area contributed by atoms with Crippen LogP contribution >= 0.6 is 11.8 Å². The fraction of sp³-hybridized carbons (Fsp3) is 0.368. The highest BCUT2D eigenvalue weighted by atomic mass is 32.2. The van der Waals surface area contributed by atoms with Gasteiger partial charge in [0.25, 0.3) is 5.91 Å². The lowest BCUT2D eigenvalue weighted by molar-refractivity contribution is 0.0634. The van der Waals surface area contributed by atoms with Gasteiger partial charge in [0.15, 0.2) is 0 Å². The Morgan fingerprint density at radius 2 is 1.96 bits per heavy atom. The standard InChI is InChI=1S/C19H24N2O2S/c1-4-21(13-17(22)15-8-6-14(3)7-9-15)19(23)16-10-11-20-18(12-16)24-5-2/h6-12,17,22H,4-5,13H2,1-3H3. The summed E-state index contributed by atoms with van der Waals surface area (Å²) in [5, 5.41) is 11.3. The van der Waals surface area contributed by atoms with Crippen molar-refractivity contribution in [2.24, 2.45) is 0 Å². The third-order valence-electron chi connectivity index (χ3n) is 3.80. The number of carbonyl (C=O) groups is 1. The van der Waals surface area contributed by atoms with Gasteiger partial charge in [-0.25, -0.2) is 4.98 Å². The second-order valence-corrected chi connectivity index (χ2v) is 6.87. The van der Waals surface area contributed by atoms with Crippen molar-refractivity contribution in [2.45, 2.75) is 31.9 Å². The number of thioether (sulfide) groups is 1. The third kappa shape index (κ3) is 4.82. The van der Waals surface area contributed by atoms with Gasteiger partial charge in [-0.3, -0.25) is 4.79 Å². The number of nitrogens with zero attached hydrogens (tertiary/aromatic N) is 2. The highest BCUT2D eigenvalue weighted by Gasteiger charge is 2.19. The van der Waals surface area contributed by atoms with Gasteiger partial charge in [0.2, 0.25) is 0 Å². The lowest BCUT2D eigenvalue weighted by Gasteiger charge is -2.24. The Morgan fingerprint density at radius 3 is 2.58 bits per heavy atom. The normalized spacial score (nSPS) is 12.0. The van der Waals surface area contributed by atoms with E-state index in [4.69, 9.17) is 0 Å². The topological polar surface area (TPSA) is 53.4 Å². The number of hydrogen-bond donors (Lipinski definition) is 1. The van der Waals surface area contributed by atoms with Crippen molar-refractivity contribution in [3.05, 3.63) is 59.3 Å². The Morgan fingerprint density at radius 1 is 1.25 bits per heavy atom. The lowest BCUT2D eigenvalue weighted by atomic mass is 10.1. The zero-order valence-electron chi connectivity index (χ0n) is 14.4. The molecule has 0 saturated carbocycles. The van der Waals surface area contributed by atoms with E-state index >= 15 is 0 Å². The molecule has 2 aromatic rings. The van der Waals surface area contributed by atoms with E-state index in [1.807, 2.05) is 44.2 Å². The summed E-state index contributed by atoms with van der Waals surface area (Å²) in [5.41, 5.74) is 2.58. The zero-order valence-corrected chi connectivity index (χ0v) is 15.2. The number of aliphatic hydroxyl groups is 1. The molecular formula is C19H24N2O2S. The monoisotopic (exact) mass is 344 g/mol. The molecule has 1 unspecified atom stereocenters. The van der Waals surface area contributed by atoms with Crippen LogP contribution in [0.15, 0.2) is 47.6 Å². The van der Waals surface area contributed by atoms with Crippen LogP contribution in [0.4, 0.5) is 0 Å². The van der Waals surface area contributed by atoms with E-state index in [0.29, 0.717) is 12.1 Å². The van der Waals surface area contributed by atoms with Crippen molar-refractivity contribution in [1.29, 1.82) is 0 Å². The summed E-state index contributed by atoms with van der Waals surface area (Å²) in [6, 6.07) is 11.3. The first kappa shape index (κ1) is 18.5. The summed E-state index contributed by atoms with van der Waals surface area (Å²) < 4.78 is 0. The van der Waals surface area contributed by atoms with Gasteiger partial charge < -0.3 is 10.0 Å². The average molecular weight is 344 g/mol. The molecule has 0 radical (unpaired) electrons. The number of amides is 1. The zero-order chi connectivity index (χ0) is 17.5. The average Bonchev–Trinajstić information content (AvgIpc) is 2.60. The quantitative estimate of drug-likeness (QED) is 0.778. The van der Waals surface area contributed by atoms with Gasteiger partial charge in [-0.15, -0.1) is 11.8 Å². The van der Waals surface area contributed by atoms with Gasteiger partial charge in [0, 0.05) is 18.3 Å². The van der Waals surface area contributed by atoms with Crippen LogP contribution in [0.25, 0.3) is 0 Å². The third-order valence-corrected chi connectivity index (χ3v) is 4.61. The molecule has 0 aliphatic rings. The highest BCUT2D eigenvalue weighted by molar-refractivity contribution is 7.99. The predicted octanol–water partition coefficient (Wildman–Crippen LogP) is 3.70. The van der Waals surface area contributed by atoms with Crippen molar-refractivity contribution in [3.8, 4) is 0 Å². The van der Waals surface area contributed by atoms with Crippen LogP contribution in [0.1, 0.15) is 41.4 Å². The fourth-order valence-corrected chi connectivity index (χ4v) is 3.05. The van der Waals surface area contributed by atoms with Gasteiger partial charge in [-0.2, -0.15) is 0 Å². The molecular weight excluding hydrogens is 320 g/mol. The van der Waals surface area contributed by atoms with Gasteiger partial charge in [-0.05, 0) is 37.3 Å². The molecule has 0 saturated heterocycles. The van der Waals surface area contributed by atoms with Crippen molar-refractivity contribution >= 4 is 17.7 Å². The lowest BCUT2D eigenvalue weighted by Crippen LogP contribution is -2.34. The van der Waals surface area contributed by atoms with E-state index in [1.54, 1.807) is 28.9 Å². The van der Waals surface area contributed by atoms with Crippen LogP contribution in [-0.2, 0) is 0 Å². The largest absolute Gasteiger partial charge is 0.387 e. The maximum atomic E-state index is 12.7. The number of benzene rings is 1.